The molecule has 14 heteroatoms. The van der Waals surface area contributed by atoms with Crippen molar-refractivity contribution in [1.82, 2.24) is 9.55 Å². The van der Waals surface area contributed by atoms with Crippen molar-refractivity contribution in [3.8, 4) is 5.75 Å². The number of benzene rings is 2. The van der Waals surface area contributed by atoms with E-state index in [0.717, 1.165) is 28.0 Å². The smallest absolute Gasteiger partial charge is 0.308 e. The van der Waals surface area contributed by atoms with E-state index >= 15 is 0 Å². The summed E-state index contributed by atoms with van der Waals surface area (Å²) in [5, 5.41) is 13.4. The zero-order valence-corrected chi connectivity index (χ0v) is 23.5. The molecule has 0 saturated carbocycles. The predicted octanol–water partition coefficient (Wildman–Crippen LogP) is 3.66. The van der Waals surface area contributed by atoms with E-state index in [9.17, 15) is 29.3 Å². The topological polar surface area (TPSA) is 154 Å². The number of nitrogens with zero attached hydrogens (tertiary/aromatic N) is 4. The van der Waals surface area contributed by atoms with E-state index in [4.69, 9.17) is 4.74 Å². The second-order valence-corrected chi connectivity index (χ2v) is 11.6. The molecule has 2 aliphatic rings. The number of carbonyl (C=O) groups excluding carboxylic acids is 3. The van der Waals surface area contributed by atoms with Gasteiger partial charge in [-0.25, -0.2) is 4.90 Å². The highest BCUT2D eigenvalue weighted by molar-refractivity contribution is 8.00. The molecule has 1 saturated heterocycles. The van der Waals surface area contributed by atoms with Crippen LogP contribution in [0.3, 0.4) is 0 Å². The highest BCUT2D eigenvalue weighted by Crippen LogP contribution is 2.53. The van der Waals surface area contributed by atoms with Gasteiger partial charge in [0.2, 0.25) is 17.7 Å². The van der Waals surface area contributed by atoms with E-state index in [1.807, 2.05) is 0 Å². The first kappa shape index (κ1) is 27.4. The van der Waals surface area contributed by atoms with Crippen molar-refractivity contribution in [2.24, 2.45) is 5.92 Å². The molecule has 6 rings (SSSR count). The lowest BCUT2D eigenvalue weighted by Gasteiger charge is -2.30. The van der Waals surface area contributed by atoms with E-state index < -0.39 is 44.6 Å². The summed E-state index contributed by atoms with van der Waals surface area (Å²) in [5.41, 5.74) is 1.22. The molecule has 0 bridgehead atoms. The first-order valence-corrected chi connectivity index (χ1v) is 14.3. The van der Waals surface area contributed by atoms with E-state index in [1.54, 1.807) is 48.8 Å². The third-order valence-electron chi connectivity index (χ3n) is 7.09. The number of nitrogens with one attached hydrogen (secondary N) is 1. The average Bonchev–Trinajstić information content (AvgIpc) is 3.44. The number of thiazole rings is 1. The van der Waals surface area contributed by atoms with Gasteiger partial charge in [-0.15, -0.1) is 0 Å². The highest BCUT2D eigenvalue weighted by atomic mass is 32.2. The Labute approximate surface area is 246 Å². The Morgan fingerprint density at radius 1 is 1.07 bits per heavy atom. The van der Waals surface area contributed by atoms with Gasteiger partial charge in [0.1, 0.15) is 17.5 Å². The number of aromatic nitrogens is 2. The number of imide groups is 1. The molecule has 0 radical (unpaired) electrons. The number of pyridine rings is 1. The number of nitro benzene ring substituents is 1. The predicted molar refractivity (Wildman–Crippen MR) is 155 cm³/mol. The van der Waals surface area contributed by atoms with Crippen LogP contribution in [0.4, 0.5) is 17.1 Å². The lowest BCUT2D eigenvalue weighted by molar-refractivity contribution is -0.384. The number of nitro groups is 1. The third-order valence-corrected chi connectivity index (χ3v) is 9.69. The van der Waals surface area contributed by atoms with Gasteiger partial charge in [0.05, 0.1) is 28.7 Å². The van der Waals surface area contributed by atoms with E-state index in [1.165, 1.54) is 35.9 Å². The van der Waals surface area contributed by atoms with Gasteiger partial charge in [-0.05, 0) is 48.0 Å². The van der Waals surface area contributed by atoms with E-state index in [0.29, 0.717) is 26.9 Å². The second kappa shape index (κ2) is 10.9. The Bertz CT molecular complexity index is 1770. The summed E-state index contributed by atoms with van der Waals surface area (Å²) < 4.78 is 6.47. The Hall–Kier alpha value is -4.82. The molecule has 2 aliphatic heterocycles. The molecule has 0 spiro atoms. The van der Waals surface area contributed by atoms with Gasteiger partial charge in [-0.2, -0.15) is 0 Å². The van der Waals surface area contributed by atoms with Crippen LogP contribution >= 0.6 is 23.1 Å². The van der Waals surface area contributed by atoms with Crippen molar-refractivity contribution in [3.63, 3.8) is 0 Å². The first-order chi connectivity index (χ1) is 20.3. The van der Waals surface area contributed by atoms with Crippen molar-refractivity contribution >= 4 is 57.9 Å². The molecular formula is C28H21N5O7S2. The highest BCUT2D eigenvalue weighted by Gasteiger charge is 2.57. The molecule has 4 heterocycles. The number of amides is 3. The molecule has 1 fully saturated rings. The number of carbonyl (C=O) groups is 3. The zero-order chi connectivity index (χ0) is 29.5. The maximum atomic E-state index is 13.9. The average molecular weight is 604 g/mol. The number of rotatable bonds is 7. The third kappa shape index (κ3) is 4.73. The van der Waals surface area contributed by atoms with Crippen LogP contribution in [-0.4, -0.2) is 44.6 Å². The zero-order valence-electron chi connectivity index (χ0n) is 21.8. The summed E-state index contributed by atoms with van der Waals surface area (Å²) in [5.74, 6) is -2.31. The number of hydrogen-bond donors (Lipinski definition) is 1. The largest absolute Gasteiger partial charge is 0.497 e. The molecule has 42 heavy (non-hydrogen) atoms. The normalized spacial score (nSPS) is 19.3. The molecule has 212 valence electrons. The van der Waals surface area contributed by atoms with Gasteiger partial charge in [0.15, 0.2) is 0 Å². The fourth-order valence-electron chi connectivity index (χ4n) is 5.17. The van der Waals surface area contributed by atoms with Gasteiger partial charge in [0, 0.05) is 41.0 Å². The number of non-ortho nitro benzene ring substituents is 1. The number of anilines is 2. The van der Waals surface area contributed by atoms with Crippen LogP contribution in [-0.2, 0) is 20.9 Å². The summed E-state index contributed by atoms with van der Waals surface area (Å²) in [4.78, 5) is 69.8. The van der Waals surface area contributed by atoms with E-state index in [2.05, 4.69) is 10.3 Å². The lowest BCUT2D eigenvalue weighted by Crippen LogP contribution is -2.33. The molecule has 0 aliphatic carbocycles. The monoisotopic (exact) mass is 603 g/mol. The maximum Gasteiger partial charge on any atom is 0.308 e. The summed E-state index contributed by atoms with van der Waals surface area (Å²) in [6.45, 7) is -0.297. The molecule has 12 nitrogen and oxygen atoms in total. The molecule has 3 amide bonds. The maximum absolute atomic E-state index is 13.9. The van der Waals surface area contributed by atoms with Gasteiger partial charge in [-0.1, -0.05) is 29.2 Å². The van der Waals surface area contributed by atoms with Crippen molar-refractivity contribution in [1.29, 1.82) is 0 Å². The quantitative estimate of drug-likeness (QED) is 0.189. The summed E-state index contributed by atoms with van der Waals surface area (Å²) >= 11 is 2.01. The van der Waals surface area contributed by atoms with Crippen LogP contribution in [0.5, 0.6) is 5.75 Å². The van der Waals surface area contributed by atoms with Crippen LogP contribution in [0.15, 0.2) is 82.9 Å². The number of ether oxygens (including phenoxy) is 1. The molecule has 3 atom stereocenters. The van der Waals surface area contributed by atoms with Crippen molar-refractivity contribution in [2.45, 2.75) is 22.7 Å². The number of hydrogen-bond acceptors (Lipinski definition) is 10. The Morgan fingerprint density at radius 2 is 1.81 bits per heavy atom. The minimum Gasteiger partial charge on any atom is -0.497 e. The van der Waals surface area contributed by atoms with Crippen molar-refractivity contribution in [2.75, 3.05) is 17.3 Å². The lowest BCUT2D eigenvalue weighted by atomic mass is 9.84. The fourth-order valence-corrected chi connectivity index (χ4v) is 7.94. The Kier molecular flexibility index (Phi) is 7.08. The van der Waals surface area contributed by atoms with E-state index in [-0.39, 0.29) is 17.9 Å². The SMILES string of the molecule is COc1ccc(NC(=O)Cn2c3c(sc2=O)C(c2cccnc2)C2C(=O)N(c4ccc([N+](=O)[O-])cc4)C(=O)C2S3)cc1. The first-order valence-electron chi connectivity index (χ1n) is 12.6. The summed E-state index contributed by atoms with van der Waals surface area (Å²) in [6, 6.07) is 15.4. The minimum absolute atomic E-state index is 0.169. The standard InChI is InChI=1S/C28H21N5O7S2/c1-40-19-10-4-16(5-11-19)30-20(34)14-31-27-24(42-28(31)37)21(15-3-2-12-29-13-15)22-23(41-27)26(36)32(25(22)35)17-6-8-18(9-7-17)33(38)39/h2-13,21-23H,14H2,1H3,(H,30,34). The molecule has 2 aromatic carbocycles. The Balaban J connectivity index is 1.36. The summed E-state index contributed by atoms with van der Waals surface area (Å²) in [6.07, 6.45) is 3.18. The molecule has 4 aromatic rings. The Morgan fingerprint density at radius 3 is 2.45 bits per heavy atom. The van der Waals surface area contributed by atoms with Crippen LogP contribution in [0.1, 0.15) is 16.4 Å². The van der Waals surface area contributed by atoms with Crippen molar-refractivity contribution < 1.29 is 24.0 Å². The van der Waals surface area contributed by atoms with Crippen LogP contribution in [0.2, 0.25) is 0 Å². The van der Waals surface area contributed by atoms with Crippen molar-refractivity contribution in [3.05, 3.63) is 103 Å². The molecular weight excluding hydrogens is 582 g/mol. The molecule has 2 aromatic heterocycles. The van der Waals surface area contributed by atoms with Crippen LogP contribution in [0.25, 0.3) is 0 Å². The van der Waals surface area contributed by atoms with Crippen LogP contribution < -0.4 is 19.8 Å². The van der Waals surface area contributed by atoms with Gasteiger partial charge >= 0.3 is 4.87 Å². The number of thioether (sulfide) groups is 1. The number of methoxy groups -OCH3 is 1. The van der Waals surface area contributed by atoms with Gasteiger partial charge in [-0.3, -0.25) is 38.8 Å². The number of fused-ring (bicyclic) bond motifs is 2. The van der Waals surface area contributed by atoms with Gasteiger partial charge < -0.3 is 10.1 Å². The fraction of sp³-hybridized carbons (Fsp3) is 0.179. The second-order valence-electron chi connectivity index (χ2n) is 9.51. The summed E-state index contributed by atoms with van der Waals surface area (Å²) in [7, 11) is 1.54. The minimum atomic E-state index is -0.893. The van der Waals surface area contributed by atoms with Crippen LogP contribution in [0, 0.1) is 16.0 Å². The molecule has 3 unspecified atom stereocenters. The molecule has 1 N–H and O–H groups in total. The van der Waals surface area contributed by atoms with Gasteiger partial charge in [0.25, 0.3) is 5.69 Å².